The molecule has 6 nitrogen and oxygen atoms in total. The molecule has 0 radical (unpaired) electrons. The van der Waals surface area contributed by atoms with Gasteiger partial charge in [-0.05, 0) is 60.9 Å². The van der Waals surface area contributed by atoms with Gasteiger partial charge in [0, 0.05) is 12.1 Å². The van der Waals surface area contributed by atoms with E-state index in [4.69, 9.17) is 15.3 Å². The lowest BCUT2D eigenvalue weighted by Gasteiger charge is -2.28. The molecule has 0 aromatic heterocycles. The molecule has 2 N–H and O–H groups in total. The Labute approximate surface area is 194 Å². The van der Waals surface area contributed by atoms with E-state index in [1.54, 1.807) is 6.08 Å². The summed E-state index contributed by atoms with van der Waals surface area (Å²) in [5.74, 6) is -0.657. The molecule has 0 aliphatic heterocycles. The summed E-state index contributed by atoms with van der Waals surface area (Å²) in [5, 5.41) is 31.4. The number of aliphatic hydroxyl groups is 1. The molecule has 0 fully saturated rings. The molecule has 9 heteroatoms. The second-order valence-corrected chi connectivity index (χ2v) is 7.72. The Bertz CT molecular complexity index is 1210. The van der Waals surface area contributed by atoms with Crippen molar-refractivity contribution in [1.29, 1.82) is 10.5 Å². The minimum Gasteiger partial charge on any atom is -0.490 e. The monoisotopic (exact) mass is 467 g/mol. The fraction of sp³-hybridized carbons (Fsp3) is 0.240. The van der Waals surface area contributed by atoms with Crippen molar-refractivity contribution in [2.75, 3.05) is 11.9 Å². The van der Waals surface area contributed by atoms with E-state index in [0.29, 0.717) is 23.0 Å². The Morgan fingerprint density at radius 1 is 1.09 bits per heavy atom. The van der Waals surface area contributed by atoms with Crippen molar-refractivity contribution in [2.45, 2.75) is 31.0 Å². The molecular formula is C25H20F3N3O3. The summed E-state index contributed by atoms with van der Waals surface area (Å²) in [6, 6.07) is 12.2. The molecule has 1 aliphatic carbocycles. The zero-order chi connectivity index (χ0) is 24.8. The van der Waals surface area contributed by atoms with Crippen LogP contribution in [0, 0.1) is 22.7 Å². The lowest BCUT2D eigenvalue weighted by atomic mass is 9.91. The van der Waals surface area contributed by atoms with E-state index in [-0.39, 0.29) is 12.1 Å². The third-order valence-corrected chi connectivity index (χ3v) is 5.16. The van der Waals surface area contributed by atoms with Gasteiger partial charge in [-0.2, -0.15) is 23.7 Å². The second kappa shape index (κ2) is 10.2. The summed E-state index contributed by atoms with van der Waals surface area (Å²) in [6.45, 7) is -0.488. The topological polar surface area (TPSA) is 106 Å². The van der Waals surface area contributed by atoms with Crippen molar-refractivity contribution in [3.8, 4) is 17.9 Å². The zero-order valence-electron chi connectivity index (χ0n) is 17.9. The normalized spacial score (nSPS) is 14.8. The first-order chi connectivity index (χ1) is 16.1. The van der Waals surface area contributed by atoms with Gasteiger partial charge in [0.25, 0.3) is 5.91 Å². The maximum atomic E-state index is 13.3. The summed E-state index contributed by atoms with van der Waals surface area (Å²) >= 11 is 0. The predicted octanol–water partition coefficient (Wildman–Crippen LogP) is 4.86. The predicted molar refractivity (Wildman–Crippen MR) is 117 cm³/mol. The molecule has 0 unspecified atom stereocenters. The molecule has 0 saturated carbocycles. The van der Waals surface area contributed by atoms with Gasteiger partial charge in [0.15, 0.2) is 5.60 Å². The Morgan fingerprint density at radius 3 is 2.41 bits per heavy atom. The number of rotatable bonds is 7. The van der Waals surface area contributed by atoms with Gasteiger partial charge in [-0.3, -0.25) is 4.79 Å². The molecule has 1 amide bonds. The number of halogens is 3. The number of benzene rings is 2. The highest BCUT2D eigenvalue weighted by Gasteiger charge is 2.39. The van der Waals surface area contributed by atoms with E-state index in [2.05, 4.69) is 5.32 Å². The van der Waals surface area contributed by atoms with Crippen molar-refractivity contribution >= 4 is 11.6 Å². The fourth-order valence-corrected chi connectivity index (χ4v) is 3.36. The first-order valence-corrected chi connectivity index (χ1v) is 10.3. The SMILES string of the molecule is N#Cc1ccc(OC[C@@](O)(CC2=CCCC=C2)C(=O)Nc2ccc(C#N)c(C(F)(F)F)c2)cc1. The number of hydrogen-bond donors (Lipinski definition) is 2. The molecule has 3 rings (SSSR count). The highest BCUT2D eigenvalue weighted by molar-refractivity contribution is 5.97. The maximum absolute atomic E-state index is 13.3. The van der Waals surface area contributed by atoms with E-state index in [0.717, 1.165) is 25.0 Å². The summed E-state index contributed by atoms with van der Waals surface area (Å²) in [6.07, 6.45) is 2.15. The third kappa shape index (κ3) is 6.03. The molecule has 2 aromatic rings. The molecule has 34 heavy (non-hydrogen) atoms. The van der Waals surface area contributed by atoms with Gasteiger partial charge in [-0.25, -0.2) is 0 Å². The van der Waals surface area contributed by atoms with Gasteiger partial charge in [-0.15, -0.1) is 0 Å². The standard InChI is InChI=1S/C25H20F3N3O3/c26-25(27,28)22-12-20(9-8-19(22)15-30)31-23(32)24(33,13-17-4-2-1-3-5-17)16-34-21-10-6-18(14-29)7-11-21/h2,4-12,33H,1,3,13,16H2,(H,31,32)/t24-/m0/s1. The van der Waals surface area contributed by atoms with E-state index in [1.807, 2.05) is 18.2 Å². The quantitative estimate of drug-likeness (QED) is 0.605. The fourth-order valence-electron chi connectivity index (χ4n) is 3.36. The molecule has 1 atom stereocenters. The summed E-state index contributed by atoms with van der Waals surface area (Å²) < 4.78 is 45.5. The van der Waals surface area contributed by atoms with Gasteiger partial charge in [-0.1, -0.05) is 18.2 Å². The van der Waals surface area contributed by atoms with Gasteiger partial charge < -0.3 is 15.2 Å². The van der Waals surface area contributed by atoms with Crippen LogP contribution in [0.4, 0.5) is 18.9 Å². The Hall–Kier alpha value is -4.08. The Morgan fingerprint density at radius 2 is 1.82 bits per heavy atom. The van der Waals surface area contributed by atoms with E-state index >= 15 is 0 Å². The van der Waals surface area contributed by atoms with Gasteiger partial charge in [0.05, 0.1) is 28.8 Å². The molecule has 0 spiro atoms. The van der Waals surface area contributed by atoms with Crippen LogP contribution < -0.4 is 10.1 Å². The van der Waals surface area contributed by atoms with E-state index in [9.17, 15) is 23.1 Å². The molecule has 0 heterocycles. The van der Waals surface area contributed by atoms with Crippen LogP contribution in [-0.4, -0.2) is 23.2 Å². The summed E-state index contributed by atoms with van der Waals surface area (Å²) in [7, 11) is 0. The van der Waals surface area contributed by atoms with Crippen molar-refractivity contribution in [3.63, 3.8) is 0 Å². The van der Waals surface area contributed by atoms with Crippen LogP contribution in [0.2, 0.25) is 0 Å². The minimum absolute atomic E-state index is 0.131. The van der Waals surface area contributed by atoms with Crippen molar-refractivity contribution in [3.05, 3.63) is 83.0 Å². The van der Waals surface area contributed by atoms with Crippen LogP contribution in [0.15, 0.2) is 66.3 Å². The highest BCUT2D eigenvalue weighted by Crippen LogP contribution is 2.34. The molecule has 0 bridgehead atoms. The van der Waals surface area contributed by atoms with Crippen molar-refractivity contribution < 1.29 is 27.8 Å². The van der Waals surface area contributed by atoms with Gasteiger partial charge in [0.1, 0.15) is 12.4 Å². The van der Waals surface area contributed by atoms with Gasteiger partial charge >= 0.3 is 6.18 Å². The van der Waals surface area contributed by atoms with Crippen molar-refractivity contribution in [2.24, 2.45) is 0 Å². The van der Waals surface area contributed by atoms with E-state index < -0.39 is 35.4 Å². The van der Waals surface area contributed by atoms with Crippen LogP contribution >= 0.6 is 0 Å². The lowest BCUT2D eigenvalue weighted by molar-refractivity contribution is -0.138. The van der Waals surface area contributed by atoms with Crippen LogP contribution in [0.3, 0.4) is 0 Å². The number of anilines is 1. The Kier molecular flexibility index (Phi) is 7.40. The molecule has 174 valence electrons. The van der Waals surface area contributed by atoms with Crippen LogP contribution in [0.5, 0.6) is 5.75 Å². The van der Waals surface area contributed by atoms with Crippen molar-refractivity contribution in [1.82, 2.24) is 0 Å². The highest BCUT2D eigenvalue weighted by atomic mass is 19.4. The first kappa shape index (κ1) is 24.6. The van der Waals surface area contributed by atoms with Gasteiger partial charge in [0.2, 0.25) is 0 Å². The summed E-state index contributed by atoms with van der Waals surface area (Å²) in [4.78, 5) is 13.1. The number of carbonyl (C=O) groups excluding carboxylic acids is 1. The largest absolute Gasteiger partial charge is 0.490 e. The molecule has 1 aliphatic rings. The number of amides is 1. The number of nitrogens with zero attached hydrogens (tertiary/aromatic N) is 2. The van der Waals surface area contributed by atoms with Crippen LogP contribution in [-0.2, 0) is 11.0 Å². The lowest BCUT2D eigenvalue weighted by Crippen LogP contribution is -2.48. The number of alkyl halides is 3. The third-order valence-electron chi connectivity index (χ3n) is 5.16. The van der Waals surface area contributed by atoms with Crippen LogP contribution in [0.25, 0.3) is 0 Å². The molecular weight excluding hydrogens is 447 g/mol. The number of allylic oxidation sites excluding steroid dienone is 3. The zero-order valence-corrected chi connectivity index (χ0v) is 17.9. The Balaban J connectivity index is 1.85. The molecule has 2 aromatic carbocycles. The number of ether oxygens (including phenoxy) is 1. The average molecular weight is 467 g/mol. The smallest absolute Gasteiger partial charge is 0.417 e. The minimum atomic E-state index is -4.79. The van der Waals surface area contributed by atoms with Crippen LogP contribution in [0.1, 0.15) is 36.0 Å². The number of carbonyl (C=O) groups is 1. The maximum Gasteiger partial charge on any atom is 0.417 e. The average Bonchev–Trinajstić information content (AvgIpc) is 2.83. The second-order valence-electron chi connectivity index (χ2n) is 7.72. The number of nitrogens with one attached hydrogen (secondary N) is 1. The summed E-state index contributed by atoms with van der Waals surface area (Å²) in [5.41, 5.74) is -3.03. The first-order valence-electron chi connectivity index (χ1n) is 10.3. The number of nitriles is 2. The number of hydrogen-bond acceptors (Lipinski definition) is 5. The van der Waals surface area contributed by atoms with E-state index in [1.165, 1.54) is 30.3 Å². The molecule has 0 saturated heterocycles.